The molecule has 1 heterocycles. The molecular weight excluding hydrogens is 245 g/mol. The van der Waals surface area contributed by atoms with Crippen LogP contribution < -0.4 is 5.32 Å². The molecule has 0 saturated heterocycles. The molecule has 4 nitrogen and oxygen atoms in total. The van der Waals surface area contributed by atoms with E-state index in [1.54, 1.807) is 9.19 Å². The first-order chi connectivity index (χ1) is 4.70. The Balaban J connectivity index is 2.57. The second-order valence-electron chi connectivity index (χ2n) is 1.86. The van der Waals surface area contributed by atoms with Crippen molar-refractivity contribution < 1.29 is 5.11 Å². The summed E-state index contributed by atoms with van der Waals surface area (Å²) >= 11 is 2.07. The number of rotatable bonds is 0. The molecule has 10 heavy (non-hydrogen) atoms. The van der Waals surface area contributed by atoms with Gasteiger partial charge in [-0.3, -0.25) is 8.43 Å². The molecule has 0 aromatic carbocycles. The van der Waals surface area contributed by atoms with Gasteiger partial charge in [0.15, 0.2) is 5.88 Å². The zero-order chi connectivity index (χ0) is 7.56. The summed E-state index contributed by atoms with van der Waals surface area (Å²) < 4.78 is 1.78. The Hall–Kier alpha value is -0.460. The first-order valence-corrected chi connectivity index (χ1v) is 3.77. The molecular formula is C5H8IN3O. The number of nitrogens with zero attached hydrogens (tertiary/aromatic N) is 2. The maximum absolute atomic E-state index is 8.97. The standard InChI is InChI=1S/C5H8IN3O/c1-9(6)5-7-3-2-4(10)8-5/h2,10H,3H2,1H3,(H,7,8). The molecule has 5 heteroatoms. The summed E-state index contributed by atoms with van der Waals surface area (Å²) in [6.45, 7) is 0.543. The molecule has 0 amide bonds. The first kappa shape index (κ1) is 7.64. The van der Waals surface area contributed by atoms with Gasteiger partial charge in [-0.2, -0.15) is 0 Å². The van der Waals surface area contributed by atoms with Gasteiger partial charge in [-0.1, -0.05) is 0 Å². The van der Waals surface area contributed by atoms with Crippen LogP contribution in [-0.4, -0.2) is 27.8 Å². The zero-order valence-corrected chi connectivity index (χ0v) is 7.66. The summed E-state index contributed by atoms with van der Waals surface area (Å²) in [5.74, 6) is 0.856. The Labute approximate surface area is 73.1 Å². The Morgan fingerprint density at radius 2 is 2.60 bits per heavy atom. The van der Waals surface area contributed by atoms with Gasteiger partial charge in [0.25, 0.3) is 0 Å². The van der Waals surface area contributed by atoms with E-state index in [1.165, 1.54) is 0 Å². The molecule has 0 spiro atoms. The van der Waals surface area contributed by atoms with E-state index in [9.17, 15) is 0 Å². The van der Waals surface area contributed by atoms with E-state index in [0.29, 0.717) is 12.5 Å². The zero-order valence-electron chi connectivity index (χ0n) is 5.50. The highest BCUT2D eigenvalue weighted by Crippen LogP contribution is 1.99. The van der Waals surface area contributed by atoms with Crippen LogP contribution >= 0.6 is 22.9 Å². The summed E-state index contributed by atoms with van der Waals surface area (Å²) in [4.78, 5) is 4.07. The highest BCUT2D eigenvalue weighted by molar-refractivity contribution is 14.1. The van der Waals surface area contributed by atoms with E-state index < -0.39 is 0 Å². The maximum Gasteiger partial charge on any atom is 0.209 e. The van der Waals surface area contributed by atoms with Crippen molar-refractivity contribution in [1.82, 2.24) is 8.43 Å². The molecule has 0 atom stereocenters. The molecule has 0 aromatic rings. The highest BCUT2D eigenvalue weighted by Gasteiger charge is 2.07. The van der Waals surface area contributed by atoms with Gasteiger partial charge in [-0.05, 0) is 6.08 Å². The van der Waals surface area contributed by atoms with Gasteiger partial charge >= 0.3 is 0 Å². The normalized spacial score (nSPS) is 17.0. The van der Waals surface area contributed by atoms with E-state index in [-0.39, 0.29) is 5.88 Å². The average Bonchev–Trinajstić information content (AvgIpc) is 1.88. The molecule has 0 radical (unpaired) electrons. The molecule has 0 saturated carbocycles. The number of nitrogens with one attached hydrogen (secondary N) is 1. The lowest BCUT2D eigenvalue weighted by Gasteiger charge is -2.16. The van der Waals surface area contributed by atoms with Crippen LogP contribution in [0.15, 0.2) is 17.0 Å². The van der Waals surface area contributed by atoms with Crippen molar-refractivity contribution in [3.8, 4) is 0 Å². The van der Waals surface area contributed by atoms with Gasteiger partial charge in [-0.15, -0.1) is 0 Å². The third kappa shape index (κ3) is 1.76. The Morgan fingerprint density at radius 3 is 3.00 bits per heavy atom. The number of hydrogen-bond acceptors (Lipinski definition) is 4. The van der Waals surface area contributed by atoms with E-state index in [2.05, 4.69) is 33.2 Å². The third-order valence-electron chi connectivity index (χ3n) is 1.06. The second-order valence-corrected chi connectivity index (χ2v) is 3.30. The van der Waals surface area contributed by atoms with E-state index in [4.69, 9.17) is 5.11 Å². The van der Waals surface area contributed by atoms with Crippen molar-refractivity contribution in [3.05, 3.63) is 12.0 Å². The minimum atomic E-state index is 0.175. The minimum absolute atomic E-state index is 0.175. The fourth-order valence-corrected chi connectivity index (χ4v) is 0.871. The van der Waals surface area contributed by atoms with Gasteiger partial charge in [0.1, 0.15) is 0 Å². The summed E-state index contributed by atoms with van der Waals surface area (Å²) in [5, 5.41) is 11.7. The molecule has 1 rings (SSSR count). The summed E-state index contributed by atoms with van der Waals surface area (Å²) in [6, 6.07) is 0. The van der Waals surface area contributed by atoms with Crippen LogP contribution in [0.25, 0.3) is 0 Å². The lowest BCUT2D eigenvalue weighted by atomic mass is 10.5. The Morgan fingerprint density at radius 1 is 1.90 bits per heavy atom. The van der Waals surface area contributed by atoms with Crippen LogP contribution in [-0.2, 0) is 0 Å². The van der Waals surface area contributed by atoms with Crippen molar-refractivity contribution in [3.63, 3.8) is 0 Å². The van der Waals surface area contributed by atoms with Crippen LogP contribution in [0.4, 0.5) is 0 Å². The molecule has 1 aliphatic rings. The van der Waals surface area contributed by atoms with Crippen molar-refractivity contribution in [2.75, 3.05) is 13.6 Å². The average molecular weight is 253 g/mol. The van der Waals surface area contributed by atoms with Crippen molar-refractivity contribution in [2.45, 2.75) is 0 Å². The predicted octanol–water partition coefficient (Wildman–Crippen LogP) is 0.627. The smallest absolute Gasteiger partial charge is 0.209 e. The number of halogens is 1. The van der Waals surface area contributed by atoms with Crippen LogP contribution in [0, 0.1) is 0 Å². The summed E-state index contributed by atoms with van der Waals surface area (Å²) in [7, 11) is 1.85. The number of hydrogen-bond donors (Lipinski definition) is 2. The van der Waals surface area contributed by atoms with Gasteiger partial charge in [0.05, 0.1) is 29.4 Å². The third-order valence-corrected chi connectivity index (χ3v) is 1.51. The fraction of sp³-hybridized carbons (Fsp3) is 0.400. The van der Waals surface area contributed by atoms with Gasteiger partial charge in [-0.25, -0.2) is 4.99 Å². The first-order valence-electron chi connectivity index (χ1n) is 2.80. The summed E-state index contributed by atoms with van der Waals surface area (Å²) in [6.07, 6.45) is 1.61. The van der Waals surface area contributed by atoms with Gasteiger partial charge < -0.3 is 5.11 Å². The van der Waals surface area contributed by atoms with E-state index in [1.807, 2.05) is 7.05 Å². The highest BCUT2D eigenvalue weighted by atomic mass is 127. The number of aliphatic hydroxyl groups is 1. The lowest BCUT2D eigenvalue weighted by molar-refractivity contribution is 0.380. The van der Waals surface area contributed by atoms with Gasteiger partial charge in [0.2, 0.25) is 5.96 Å². The van der Waals surface area contributed by atoms with Crippen LogP contribution in [0.1, 0.15) is 0 Å². The quantitative estimate of drug-likeness (QED) is 0.491. The van der Waals surface area contributed by atoms with Crippen LogP contribution in [0.3, 0.4) is 0 Å². The van der Waals surface area contributed by atoms with Crippen molar-refractivity contribution in [1.29, 1.82) is 0 Å². The largest absolute Gasteiger partial charge is 0.495 e. The molecule has 0 bridgehead atoms. The van der Waals surface area contributed by atoms with Crippen LogP contribution in [0.2, 0.25) is 0 Å². The van der Waals surface area contributed by atoms with E-state index in [0.717, 1.165) is 0 Å². The molecule has 56 valence electrons. The topological polar surface area (TPSA) is 47.9 Å². The Kier molecular flexibility index (Phi) is 2.36. The second kappa shape index (κ2) is 3.09. The molecule has 0 aromatic heterocycles. The SMILES string of the molecule is CN(I)C1=NCC=C(O)N1. The number of aliphatic imine (C=N–C) groups is 1. The van der Waals surface area contributed by atoms with E-state index >= 15 is 0 Å². The lowest BCUT2D eigenvalue weighted by Crippen LogP contribution is -2.34. The number of aliphatic hydroxyl groups excluding tert-OH is 1. The maximum atomic E-state index is 8.97. The molecule has 2 N–H and O–H groups in total. The predicted molar refractivity (Wildman–Crippen MR) is 47.9 cm³/mol. The summed E-state index contributed by atoms with van der Waals surface area (Å²) in [5.41, 5.74) is 0. The monoisotopic (exact) mass is 253 g/mol. The molecule has 0 fully saturated rings. The van der Waals surface area contributed by atoms with Crippen molar-refractivity contribution >= 4 is 28.8 Å². The van der Waals surface area contributed by atoms with Crippen LogP contribution in [0.5, 0.6) is 0 Å². The molecule has 1 aliphatic heterocycles. The molecule has 0 unspecified atom stereocenters. The van der Waals surface area contributed by atoms with Gasteiger partial charge in [0, 0.05) is 7.05 Å². The Bertz CT molecular complexity index is 187. The fourth-order valence-electron chi connectivity index (χ4n) is 0.598. The molecule has 0 aliphatic carbocycles. The van der Waals surface area contributed by atoms with Crippen molar-refractivity contribution in [2.24, 2.45) is 4.99 Å². The minimum Gasteiger partial charge on any atom is -0.495 e. The number of guanidine groups is 1.